The highest BCUT2D eigenvalue weighted by Gasteiger charge is 2.14. The zero-order valence-electron chi connectivity index (χ0n) is 15.2. The van der Waals surface area contributed by atoms with Gasteiger partial charge in [-0.05, 0) is 18.2 Å². The third-order valence-corrected chi connectivity index (χ3v) is 5.21. The van der Waals surface area contributed by atoms with E-state index in [1.54, 1.807) is 24.5 Å². The van der Waals surface area contributed by atoms with Gasteiger partial charge in [0.25, 0.3) is 5.91 Å². The Morgan fingerprint density at radius 1 is 1.26 bits per heavy atom. The van der Waals surface area contributed by atoms with Gasteiger partial charge in [0.1, 0.15) is 23.0 Å². The average Bonchev–Trinajstić information content (AvgIpc) is 3.10. The second-order valence-electron chi connectivity index (χ2n) is 6.21. The fourth-order valence-corrected chi connectivity index (χ4v) is 3.84. The van der Waals surface area contributed by atoms with Crippen LogP contribution in [-0.4, -0.2) is 31.6 Å². The van der Waals surface area contributed by atoms with Crippen LogP contribution in [0.4, 0.5) is 5.69 Å². The quantitative estimate of drug-likeness (QED) is 0.638. The van der Waals surface area contributed by atoms with Crippen LogP contribution in [0.25, 0.3) is 10.6 Å². The lowest BCUT2D eigenvalue weighted by molar-refractivity contribution is -0.885. The van der Waals surface area contributed by atoms with Gasteiger partial charge in [-0.2, -0.15) is 0 Å². The van der Waals surface area contributed by atoms with Gasteiger partial charge < -0.3 is 15.0 Å². The van der Waals surface area contributed by atoms with E-state index >= 15 is 0 Å². The molecule has 140 valence electrons. The SMILES string of the molecule is COc1cccc(NC(=O)C[NH+](C)Cc2csc(-c3ccccc3Cl)n2)c1. The summed E-state index contributed by atoms with van der Waals surface area (Å²) < 4.78 is 5.17. The molecule has 0 radical (unpaired) electrons. The lowest BCUT2D eigenvalue weighted by atomic mass is 10.2. The average molecular weight is 403 g/mol. The van der Waals surface area contributed by atoms with Crippen molar-refractivity contribution in [2.24, 2.45) is 0 Å². The summed E-state index contributed by atoms with van der Waals surface area (Å²) >= 11 is 7.80. The van der Waals surface area contributed by atoms with Crippen LogP contribution < -0.4 is 15.0 Å². The molecule has 0 aliphatic carbocycles. The molecule has 0 saturated heterocycles. The predicted molar refractivity (Wildman–Crippen MR) is 110 cm³/mol. The summed E-state index contributed by atoms with van der Waals surface area (Å²) in [5.74, 6) is 0.658. The van der Waals surface area contributed by atoms with E-state index in [-0.39, 0.29) is 5.91 Å². The van der Waals surface area contributed by atoms with E-state index in [0.29, 0.717) is 23.9 Å². The van der Waals surface area contributed by atoms with Crippen molar-refractivity contribution >= 4 is 34.5 Å². The van der Waals surface area contributed by atoms with Gasteiger partial charge in [-0.1, -0.05) is 35.9 Å². The predicted octanol–water partition coefficient (Wildman–Crippen LogP) is 3.13. The van der Waals surface area contributed by atoms with E-state index in [1.807, 2.05) is 54.9 Å². The molecular formula is C20H21ClN3O2S+. The zero-order chi connectivity index (χ0) is 19.2. The maximum absolute atomic E-state index is 12.3. The summed E-state index contributed by atoms with van der Waals surface area (Å²) in [7, 11) is 3.57. The number of hydrogen-bond donors (Lipinski definition) is 2. The number of anilines is 1. The number of thiazole rings is 1. The number of halogens is 1. The Hall–Kier alpha value is -2.41. The van der Waals surface area contributed by atoms with Crippen molar-refractivity contribution in [1.29, 1.82) is 0 Å². The highest BCUT2D eigenvalue weighted by atomic mass is 35.5. The summed E-state index contributed by atoms with van der Waals surface area (Å²) in [6.07, 6.45) is 0. The van der Waals surface area contributed by atoms with E-state index in [1.165, 1.54) is 0 Å². The van der Waals surface area contributed by atoms with Crippen LogP contribution in [0.5, 0.6) is 5.75 Å². The molecule has 1 aromatic heterocycles. The van der Waals surface area contributed by atoms with Crippen LogP contribution in [0, 0.1) is 0 Å². The largest absolute Gasteiger partial charge is 0.497 e. The Balaban J connectivity index is 1.57. The number of rotatable bonds is 7. The molecule has 27 heavy (non-hydrogen) atoms. The number of likely N-dealkylation sites (N-methyl/N-ethyl adjacent to an activating group) is 1. The maximum Gasteiger partial charge on any atom is 0.279 e. The number of hydrogen-bond acceptors (Lipinski definition) is 4. The van der Waals surface area contributed by atoms with Crippen LogP contribution in [0.2, 0.25) is 5.02 Å². The van der Waals surface area contributed by atoms with Crippen molar-refractivity contribution in [1.82, 2.24) is 4.98 Å². The number of benzene rings is 2. The molecule has 0 fully saturated rings. The van der Waals surface area contributed by atoms with Gasteiger partial charge in [-0.15, -0.1) is 11.3 Å². The zero-order valence-corrected chi connectivity index (χ0v) is 16.7. The van der Waals surface area contributed by atoms with Crippen LogP contribution in [-0.2, 0) is 11.3 Å². The molecule has 1 atom stereocenters. The monoisotopic (exact) mass is 402 g/mol. The first-order valence-corrected chi connectivity index (χ1v) is 9.75. The first kappa shape index (κ1) is 19.4. The summed E-state index contributed by atoms with van der Waals surface area (Å²) in [4.78, 5) is 18.0. The minimum Gasteiger partial charge on any atom is -0.497 e. The lowest BCUT2D eigenvalue weighted by Crippen LogP contribution is -3.08. The molecular weight excluding hydrogens is 382 g/mol. The molecule has 1 heterocycles. The highest BCUT2D eigenvalue weighted by molar-refractivity contribution is 7.13. The first-order chi connectivity index (χ1) is 13.0. The Kier molecular flexibility index (Phi) is 6.45. The summed E-state index contributed by atoms with van der Waals surface area (Å²) in [5, 5.41) is 6.50. The van der Waals surface area contributed by atoms with Gasteiger partial charge in [0.05, 0.1) is 19.2 Å². The number of aromatic nitrogens is 1. The third kappa shape index (κ3) is 5.29. The number of nitrogens with one attached hydrogen (secondary N) is 2. The molecule has 0 aliphatic rings. The number of nitrogens with zero attached hydrogens (tertiary/aromatic N) is 1. The van der Waals surface area contributed by atoms with E-state index in [2.05, 4.69) is 10.3 Å². The number of ether oxygens (including phenoxy) is 1. The minimum absolute atomic E-state index is 0.0534. The number of amides is 1. The molecule has 0 aliphatic heterocycles. The molecule has 3 aromatic rings. The minimum atomic E-state index is -0.0534. The van der Waals surface area contributed by atoms with Crippen molar-refractivity contribution in [3.05, 3.63) is 64.6 Å². The summed E-state index contributed by atoms with van der Waals surface area (Å²) in [6.45, 7) is 1.00. The Labute approximate surface area is 167 Å². The summed E-state index contributed by atoms with van der Waals surface area (Å²) in [5.41, 5.74) is 2.60. The molecule has 3 rings (SSSR count). The smallest absolute Gasteiger partial charge is 0.279 e. The number of carbonyl (C=O) groups excluding carboxylic acids is 1. The molecule has 2 N–H and O–H groups in total. The molecule has 7 heteroatoms. The number of carbonyl (C=O) groups is 1. The Morgan fingerprint density at radius 3 is 2.85 bits per heavy atom. The third-order valence-electron chi connectivity index (χ3n) is 3.95. The first-order valence-electron chi connectivity index (χ1n) is 8.49. The molecule has 5 nitrogen and oxygen atoms in total. The van der Waals surface area contributed by atoms with E-state index in [0.717, 1.165) is 26.9 Å². The van der Waals surface area contributed by atoms with E-state index < -0.39 is 0 Å². The van der Waals surface area contributed by atoms with Gasteiger partial charge in [-0.25, -0.2) is 4.98 Å². The van der Waals surface area contributed by atoms with Crippen LogP contribution in [0.15, 0.2) is 53.9 Å². The standard InChI is InChI=1S/C20H20ClN3O2S/c1-24(12-19(25)22-14-6-5-7-16(10-14)26-2)11-15-13-27-20(23-15)17-8-3-4-9-18(17)21/h3-10,13H,11-12H2,1-2H3,(H,22,25)/p+1. The van der Waals surface area contributed by atoms with Gasteiger partial charge in [0.15, 0.2) is 6.54 Å². The van der Waals surface area contributed by atoms with Gasteiger partial charge >= 0.3 is 0 Å². The van der Waals surface area contributed by atoms with Gasteiger partial charge in [-0.3, -0.25) is 4.79 Å². The van der Waals surface area contributed by atoms with Crippen molar-refractivity contribution in [3.8, 4) is 16.3 Å². The second-order valence-corrected chi connectivity index (χ2v) is 7.48. The van der Waals surface area contributed by atoms with E-state index in [4.69, 9.17) is 16.3 Å². The second kappa shape index (κ2) is 8.99. The molecule has 0 saturated carbocycles. The molecule has 1 amide bonds. The molecule has 2 aromatic carbocycles. The fourth-order valence-electron chi connectivity index (χ4n) is 2.70. The van der Waals surface area contributed by atoms with Crippen LogP contribution >= 0.6 is 22.9 Å². The van der Waals surface area contributed by atoms with Crippen molar-refractivity contribution in [3.63, 3.8) is 0 Å². The maximum atomic E-state index is 12.3. The van der Waals surface area contributed by atoms with Crippen LogP contribution in [0.3, 0.4) is 0 Å². The molecule has 0 bridgehead atoms. The summed E-state index contributed by atoms with van der Waals surface area (Å²) in [6, 6.07) is 15.0. The lowest BCUT2D eigenvalue weighted by Gasteiger charge is -2.13. The molecule has 0 spiro atoms. The van der Waals surface area contributed by atoms with Gasteiger partial charge in [0, 0.05) is 22.7 Å². The number of methoxy groups -OCH3 is 1. The van der Waals surface area contributed by atoms with Crippen molar-refractivity contribution in [2.45, 2.75) is 6.54 Å². The Bertz CT molecular complexity index is 929. The number of quaternary nitrogens is 1. The highest BCUT2D eigenvalue weighted by Crippen LogP contribution is 2.29. The normalized spacial score (nSPS) is 11.8. The topological polar surface area (TPSA) is 55.7 Å². The molecule has 1 unspecified atom stereocenters. The van der Waals surface area contributed by atoms with Crippen LogP contribution in [0.1, 0.15) is 5.69 Å². The van der Waals surface area contributed by atoms with Gasteiger partial charge in [0.2, 0.25) is 0 Å². The Morgan fingerprint density at radius 2 is 2.07 bits per heavy atom. The van der Waals surface area contributed by atoms with Crippen molar-refractivity contribution < 1.29 is 14.4 Å². The van der Waals surface area contributed by atoms with Crippen molar-refractivity contribution in [2.75, 3.05) is 26.0 Å². The van der Waals surface area contributed by atoms with E-state index in [9.17, 15) is 4.79 Å². The fraction of sp³-hybridized carbons (Fsp3) is 0.200.